The molecule has 6 heteroatoms. The number of carbonyl (C=O) groups excluding carboxylic acids is 1. The third-order valence-electron chi connectivity index (χ3n) is 3.11. The number of ether oxygens (including phenoxy) is 1. The van der Waals surface area contributed by atoms with Crippen LogP contribution in [0.25, 0.3) is 6.08 Å². The van der Waals surface area contributed by atoms with Crippen LogP contribution in [0.5, 0.6) is 11.5 Å². The Labute approximate surface area is 137 Å². The Bertz CT molecular complexity index is 796. The second-order valence-corrected chi connectivity index (χ2v) is 5.04. The summed E-state index contributed by atoms with van der Waals surface area (Å²) >= 11 is 5.87. The Morgan fingerprint density at radius 1 is 1.17 bits per heavy atom. The zero-order valence-electron chi connectivity index (χ0n) is 12.1. The van der Waals surface area contributed by atoms with Crippen molar-refractivity contribution in [3.05, 3.63) is 64.2 Å². The van der Waals surface area contributed by atoms with E-state index < -0.39 is 11.8 Å². The lowest BCUT2D eigenvalue weighted by Crippen LogP contribution is -2.00. The fraction of sp³-hybridized carbons (Fsp3) is 0.0588. The van der Waals surface area contributed by atoms with Gasteiger partial charge >= 0.3 is 5.97 Å². The van der Waals surface area contributed by atoms with Crippen LogP contribution in [0.2, 0.25) is 5.02 Å². The fourth-order valence-electron chi connectivity index (χ4n) is 1.91. The van der Waals surface area contributed by atoms with Gasteiger partial charge in [-0.2, -0.15) is 0 Å². The van der Waals surface area contributed by atoms with Gasteiger partial charge in [-0.15, -0.1) is 0 Å². The summed E-state index contributed by atoms with van der Waals surface area (Å²) in [7, 11) is 1.46. The third kappa shape index (κ3) is 3.90. The molecular formula is C17H13ClO5. The van der Waals surface area contributed by atoms with Crippen molar-refractivity contribution in [2.24, 2.45) is 0 Å². The minimum absolute atomic E-state index is 0.0246. The predicted molar refractivity (Wildman–Crippen MR) is 86.4 cm³/mol. The second kappa shape index (κ2) is 6.98. The lowest BCUT2D eigenvalue weighted by Gasteiger charge is -2.06. The van der Waals surface area contributed by atoms with E-state index in [2.05, 4.69) is 0 Å². The summed E-state index contributed by atoms with van der Waals surface area (Å²) < 4.78 is 5.04. The van der Waals surface area contributed by atoms with E-state index in [-0.39, 0.29) is 21.9 Å². The van der Waals surface area contributed by atoms with Gasteiger partial charge in [0.15, 0.2) is 5.78 Å². The van der Waals surface area contributed by atoms with Crippen LogP contribution in [-0.2, 0) is 0 Å². The van der Waals surface area contributed by atoms with Gasteiger partial charge in [-0.05, 0) is 30.4 Å². The van der Waals surface area contributed by atoms with Crippen LogP contribution in [0.3, 0.4) is 0 Å². The number of carbonyl (C=O) groups is 2. The van der Waals surface area contributed by atoms with E-state index in [4.69, 9.17) is 21.4 Å². The molecule has 23 heavy (non-hydrogen) atoms. The Balaban J connectivity index is 2.30. The number of methoxy groups -OCH3 is 1. The van der Waals surface area contributed by atoms with Gasteiger partial charge in [0.05, 0.1) is 17.7 Å². The molecular weight excluding hydrogens is 320 g/mol. The van der Waals surface area contributed by atoms with Crippen LogP contribution in [-0.4, -0.2) is 29.1 Å². The number of benzene rings is 2. The molecule has 0 unspecified atom stereocenters. The van der Waals surface area contributed by atoms with Crippen molar-refractivity contribution in [1.82, 2.24) is 0 Å². The lowest BCUT2D eigenvalue weighted by atomic mass is 10.1. The number of halogens is 1. The van der Waals surface area contributed by atoms with Crippen LogP contribution < -0.4 is 4.74 Å². The van der Waals surface area contributed by atoms with Crippen molar-refractivity contribution in [2.75, 3.05) is 7.11 Å². The summed E-state index contributed by atoms with van der Waals surface area (Å²) in [6, 6.07) is 8.66. The van der Waals surface area contributed by atoms with E-state index >= 15 is 0 Å². The number of allylic oxidation sites excluding steroid dienone is 1. The zero-order valence-corrected chi connectivity index (χ0v) is 12.9. The van der Waals surface area contributed by atoms with Gasteiger partial charge in [-0.1, -0.05) is 23.7 Å². The molecule has 0 fully saturated rings. The minimum atomic E-state index is -1.11. The number of rotatable bonds is 5. The average molecular weight is 333 g/mol. The highest BCUT2D eigenvalue weighted by molar-refractivity contribution is 6.32. The molecule has 0 amide bonds. The van der Waals surface area contributed by atoms with Crippen LogP contribution >= 0.6 is 11.6 Å². The summed E-state index contributed by atoms with van der Waals surface area (Å²) in [6.45, 7) is 0. The number of aromatic hydroxyl groups is 1. The summed E-state index contributed by atoms with van der Waals surface area (Å²) in [5.41, 5.74) is 0.572. The second-order valence-electron chi connectivity index (χ2n) is 4.63. The minimum Gasteiger partial charge on any atom is -0.506 e. The van der Waals surface area contributed by atoms with Crippen molar-refractivity contribution in [1.29, 1.82) is 0 Å². The molecule has 5 nitrogen and oxygen atoms in total. The first-order valence-corrected chi connectivity index (χ1v) is 6.92. The topological polar surface area (TPSA) is 83.8 Å². The summed E-state index contributed by atoms with van der Waals surface area (Å²) in [5.74, 6) is -1.24. The molecule has 0 aliphatic rings. The molecule has 0 aromatic heterocycles. The molecule has 0 heterocycles. The maximum absolute atomic E-state index is 12.1. The molecule has 0 spiro atoms. The first kappa shape index (κ1) is 16.6. The molecule has 0 bridgehead atoms. The van der Waals surface area contributed by atoms with Crippen LogP contribution in [0.15, 0.2) is 42.5 Å². The smallest absolute Gasteiger partial charge is 0.335 e. The molecule has 118 valence electrons. The summed E-state index contributed by atoms with van der Waals surface area (Å²) in [4.78, 5) is 23.0. The van der Waals surface area contributed by atoms with Gasteiger partial charge in [0, 0.05) is 17.2 Å². The van der Waals surface area contributed by atoms with Crippen molar-refractivity contribution in [3.8, 4) is 11.5 Å². The fourth-order valence-corrected chi connectivity index (χ4v) is 2.12. The number of hydrogen-bond donors (Lipinski definition) is 2. The maximum atomic E-state index is 12.1. The number of phenols is 1. The Morgan fingerprint density at radius 3 is 2.52 bits per heavy atom. The first-order valence-electron chi connectivity index (χ1n) is 6.54. The van der Waals surface area contributed by atoms with Crippen LogP contribution in [0.4, 0.5) is 0 Å². The quantitative estimate of drug-likeness (QED) is 0.645. The van der Waals surface area contributed by atoms with Crippen molar-refractivity contribution < 1.29 is 24.5 Å². The Morgan fingerprint density at radius 2 is 1.87 bits per heavy atom. The number of hydrogen-bond acceptors (Lipinski definition) is 4. The number of ketones is 1. The number of phenolic OH excluding ortho intramolecular Hbond substituents is 1. The van der Waals surface area contributed by atoms with E-state index in [1.54, 1.807) is 0 Å². The standard InChI is InChI=1S/C17H13ClO5/c1-23-13-8-11(16(20)14(18)9-13)5-6-15(19)10-3-2-4-12(7-10)17(21)22/h2-9,20H,1H3,(H,21,22)/b6-5+. The van der Waals surface area contributed by atoms with E-state index in [9.17, 15) is 14.7 Å². The normalized spacial score (nSPS) is 10.7. The van der Waals surface area contributed by atoms with Crippen LogP contribution in [0.1, 0.15) is 26.3 Å². The van der Waals surface area contributed by atoms with Crippen molar-refractivity contribution >= 4 is 29.4 Å². The van der Waals surface area contributed by atoms with Gasteiger partial charge in [-0.25, -0.2) is 4.79 Å². The van der Waals surface area contributed by atoms with E-state index in [1.807, 2.05) is 0 Å². The van der Waals surface area contributed by atoms with Gasteiger partial charge in [0.25, 0.3) is 0 Å². The maximum Gasteiger partial charge on any atom is 0.335 e. The lowest BCUT2D eigenvalue weighted by molar-refractivity contribution is 0.0697. The molecule has 0 aliphatic heterocycles. The highest BCUT2D eigenvalue weighted by atomic mass is 35.5. The molecule has 0 saturated heterocycles. The molecule has 2 rings (SSSR count). The van der Waals surface area contributed by atoms with Gasteiger partial charge in [0.2, 0.25) is 0 Å². The third-order valence-corrected chi connectivity index (χ3v) is 3.40. The average Bonchev–Trinajstić information content (AvgIpc) is 2.55. The first-order chi connectivity index (χ1) is 10.9. The number of carboxylic acid groups (broad SMARTS) is 1. The molecule has 0 saturated carbocycles. The highest BCUT2D eigenvalue weighted by Gasteiger charge is 2.09. The number of carboxylic acids is 1. The number of aromatic carboxylic acids is 1. The summed E-state index contributed by atoms with van der Waals surface area (Å²) in [6.07, 6.45) is 2.62. The van der Waals surface area contributed by atoms with E-state index in [1.165, 1.54) is 55.7 Å². The van der Waals surface area contributed by atoms with Gasteiger partial charge < -0.3 is 14.9 Å². The SMILES string of the molecule is COc1cc(Cl)c(O)c(/C=C/C(=O)c2cccc(C(=O)O)c2)c1. The molecule has 2 aromatic carbocycles. The molecule has 0 aliphatic carbocycles. The van der Waals surface area contributed by atoms with Gasteiger partial charge in [-0.3, -0.25) is 4.79 Å². The van der Waals surface area contributed by atoms with E-state index in [0.717, 1.165) is 0 Å². The molecule has 0 radical (unpaired) electrons. The molecule has 2 N–H and O–H groups in total. The van der Waals surface area contributed by atoms with Crippen LogP contribution in [0, 0.1) is 0 Å². The Hall–Kier alpha value is -2.79. The predicted octanol–water partition coefficient (Wildman–Crippen LogP) is 3.65. The van der Waals surface area contributed by atoms with Crippen molar-refractivity contribution in [3.63, 3.8) is 0 Å². The Kier molecular flexibility index (Phi) is 5.03. The molecule has 2 aromatic rings. The van der Waals surface area contributed by atoms with E-state index in [0.29, 0.717) is 11.3 Å². The molecule has 0 atom stereocenters. The van der Waals surface area contributed by atoms with Crippen molar-refractivity contribution in [2.45, 2.75) is 0 Å². The largest absolute Gasteiger partial charge is 0.506 e. The van der Waals surface area contributed by atoms with Gasteiger partial charge in [0.1, 0.15) is 11.5 Å². The monoisotopic (exact) mass is 332 g/mol. The summed E-state index contributed by atoms with van der Waals surface area (Å²) in [5, 5.41) is 18.9. The highest BCUT2D eigenvalue weighted by Crippen LogP contribution is 2.33. The zero-order chi connectivity index (χ0) is 17.0.